The molecule has 0 aliphatic rings. The fourth-order valence-electron chi connectivity index (χ4n) is 1.01. The Morgan fingerprint density at radius 3 is 2.94 bits per heavy atom. The first-order chi connectivity index (χ1) is 7.63. The van der Waals surface area contributed by atoms with Crippen molar-refractivity contribution in [2.75, 3.05) is 5.75 Å². The number of rotatable bonds is 2. The summed E-state index contributed by atoms with van der Waals surface area (Å²) < 4.78 is 0. The summed E-state index contributed by atoms with van der Waals surface area (Å²) in [6.45, 7) is 1.49. The third-order valence-electron chi connectivity index (χ3n) is 1.71. The maximum absolute atomic E-state index is 10.7. The van der Waals surface area contributed by atoms with Crippen LogP contribution in [0, 0.1) is 11.8 Å². The first kappa shape index (κ1) is 12.8. The van der Waals surface area contributed by atoms with Crippen LogP contribution in [0.5, 0.6) is 0 Å². The van der Waals surface area contributed by atoms with Crippen LogP contribution in [0.15, 0.2) is 18.2 Å². The zero-order chi connectivity index (χ0) is 12.0. The van der Waals surface area contributed by atoms with E-state index in [1.807, 2.05) is 0 Å². The maximum Gasteiger partial charge on any atom is 0.186 e. The summed E-state index contributed by atoms with van der Waals surface area (Å²) in [5, 5.41) is 0.534. The van der Waals surface area contributed by atoms with Gasteiger partial charge in [0.2, 0.25) is 0 Å². The van der Waals surface area contributed by atoms with Crippen LogP contribution in [0.4, 0.5) is 0 Å². The van der Waals surface area contributed by atoms with E-state index in [1.165, 1.54) is 6.92 Å². The average molecular weight is 253 g/mol. The van der Waals surface area contributed by atoms with Crippen molar-refractivity contribution < 1.29 is 9.59 Å². The van der Waals surface area contributed by atoms with Crippen LogP contribution < -0.4 is 0 Å². The van der Waals surface area contributed by atoms with E-state index in [-0.39, 0.29) is 5.12 Å². The highest BCUT2D eigenvalue weighted by atomic mass is 35.5. The van der Waals surface area contributed by atoms with Crippen LogP contribution in [0.2, 0.25) is 5.02 Å². The number of hydrogen-bond donors (Lipinski definition) is 0. The summed E-state index contributed by atoms with van der Waals surface area (Å²) in [6, 6.07) is 4.94. The molecule has 0 bridgehead atoms. The van der Waals surface area contributed by atoms with E-state index in [9.17, 15) is 9.59 Å². The molecule has 2 nitrogen and oxygen atoms in total. The number of halogens is 1. The molecule has 0 fully saturated rings. The van der Waals surface area contributed by atoms with Gasteiger partial charge in [-0.05, 0) is 18.2 Å². The van der Waals surface area contributed by atoms with Gasteiger partial charge in [-0.3, -0.25) is 9.59 Å². The van der Waals surface area contributed by atoms with E-state index in [0.29, 0.717) is 28.2 Å². The van der Waals surface area contributed by atoms with Crippen molar-refractivity contribution in [1.82, 2.24) is 0 Å². The molecule has 16 heavy (non-hydrogen) atoms. The SMILES string of the molecule is CC(=O)SCC#Cc1ccc(Cl)cc1C=O. The van der Waals surface area contributed by atoms with Crippen LogP contribution in [-0.2, 0) is 4.79 Å². The van der Waals surface area contributed by atoms with Crippen molar-refractivity contribution in [2.24, 2.45) is 0 Å². The molecular formula is C12H9ClO2S. The minimum Gasteiger partial charge on any atom is -0.298 e. The van der Waals surface area contributed by atoms with Gasteiger partial charge in [0.25, 0.3) is 0 Å². The molecule has 0 saturated carbocycles. The highest BCUT2D eigenvalue weighted by Gasteiger charge is 1.99. The number of hydrogen-bond acceptors (Lipinski definition) is 3. The van der Waals surface area contributed by atoms with Gasteiger partial charge in [0.15, 0.2) is 11.4 Å². The van der Waals surface area contributed by atoms with Gasteiger partial charge >= 0.3 is 0 Å². The topological polar surface area (TPSA) is 34.1 Å². The van der Waals surface area contributed by atoms with Crippen molar-refractivity contribution in [2.45, 2.75) is 6.92 Å². The van der Waals surface area contributed by atoms with Gasteiger partial charge in [0, 0.05) is 23.1 Å². The molecule has 0 aliphatic carbocycles. The Morgan fingerprint density at radius 2 is 2.31 bits per heavy atom. The van der Waals surface area contributed by atoms with Crippen molar-refractivity contribution in [3.8, 4) is 11.8 Å². The second kappa shape index (κ2) is 6.37. The molecule has 1 aromatic rings. The van der Waals surface area contributed by atoms with Gasteiger partial charge in [-0.15, -0.1) is 0 Å². The largest absolute Gasteiger partial charge is 0.298 e. The third-order valence-corrected chi connectivity index (χ3v) is 2.64. The van der Waals surface area contributed by atoms with E-state index in [2.05, 4.69) is 11.8 Å². The van der Waals surface area contributed by atoms with Gasteiger partial charge in [0.05, 0.1) is 5.75 Å². The predicted octanol–water partition coefficient (Wildman–Crippen LogP) is 2.78. The Bertz CT molecular complexity index is 472. The van der Waals surface area contributed by atoms with Crippen LogP contribution in [0.3, 0.4) is 0 Å². The van der Waals surface area contributed by atoms with Crippen molar-refractivity contribution in [1.29, 1.82) is 0 Å². The highest BCUT2D eigenvalue weighted by Crippen LogP contribution is 2.13. The molecule has 1 rings (SSSR count). The molecule has 0 unspecified atom stereocenters. The number of thioether (sulfide) groups is 1. The molecule has 0 N–H and O–H groups in total. The number of carbonyl (C=O) groups excluding carboxylic acids is 2. The Kier molecular flexibility index (Phi) is 5.10. The van der Waals surface area contributed by atoms with Crippen LogP contribution >= 0.6 is 23.4 Å². The number of aldehydes is 1. The number of benzene rings is 1. The van der Waals surface area contributed by atoms with Gasteiger partial charge in [-0.2, -0.15) is 0 Å². The molecule has 82 valence electrons. The normalized spacial score (nSPS) is 9.12. The fourth-order valence-corrected chi connectivity index (χ4v) is 1.54. The van der Waals surface area contributed by atoms with E-state index in [0.717, 1.165) is 11.8 Å². The molecule has 0 spiro atoms. The monoisotopic (exact) mass is 252 g/mol. The molecule has 0 amide bonds. The Hall–Kier alpha value is -1.24. The number of carbonyl (C=O) groups is 2. The van der Waals surface area contributed by atoms with Gasteiger partial charge in [-0.25, -0.2) is 0 Å². The summed E-state index contributed by atoms with van der Waals surface area (Å²) in [6.07, 6.45) is 0.716. The molecule has 0 saturated heterocycles. The average Bonchev–Trinajstić information content (AvgIpc) is 2.25. The maximum atomic E-state index is 10.7. The standard InChI is InChI=1S/C12H9ClO2S/c1-9(15)16-6-2-3-10-4-5-12(13)7-11(10)8-14/h4-5,7-8H,6H2,1H3. The molecule has 0 heterocycles. The third kappa shape index (κ3) is 4.09. The lowest BCUT2D eigenvalue weighted by atomic mass is 10.1. The molecule has 0 radical (unpaired) electrons. The quantitative estimate of drug-likeness (QED) is 0.600. The van der Waals surface area contributed by atoms with Gasteiger partial charge < -0.3 is 0 Å². The first-order valence-electron chi connectivity index (χ1n) is 4.50. The smallest absolute Gasteiger partial charge is 0.186 e. The predicted molar refractivity (Wildman–Crippen MR) is 66.9 cm³/mol. The van der Waals surface area contributed by atoms with E-state index in [1.54, 1.807) is 18.2 Å². The van der Waals surface area contributed by atoms with Gasteiger partial charge in [0.1, 0.15) is 0 Å². The van der Waals surface area contributed by atoms with E-state index < -0.39 is 0 Å². The zero-order valence-corrected chi connectivity index (χ0v) is 10.2. The summed E-state index contributed by atoms with van der Waals surface area (Å²) >= 11 is 6.88. The molecule has 0 aromatic heterocycles. The second-order valence-electron chi connectivity index (χ2n) is 2.93. The molecule has 0 atom stereocenters. The second-order valence-corrected chi connectivity index (χ2v) is 4.52. The molecular weight excluding hydrogens is 244 g/mol. The van der Waals surface area contributed by atoms with Crippen LogP contribution in [0.1, 0.15) is 22.8 Å². The van der Waals surface area contributed by atoms with Crippen LogP contribution in [-0.4, -0.2) is 17.2 Å². The van der Waals surface area contributed by atoms with E-state index >= 15 is 0 Å². The molecule has 4 heteroatoms. The molecule has 0 aliphatic heterocycles. The summed E-state index contributed by atoms with van der Waals surface area (Å²) in [5.74, 6) is 6.08. The van der Waals surface area contributed by atoms with Crippen LogP contribution in [0.25, 0.3) is 0 Å². The lowest BCUT2D eigenvalue weighted by Gasteiger charge is -1.96. The minimum atomic E-state index is 0.0287. The first-order valence-corrected chi connectivity index (χ1v) is 5.87. The zero-order valence-electron chi connectivity index (χ0n) is 8.62. The van der Waals surface area contributed by atoms with Gasteiger partial charge in [-0.1, -0.05) is 35.2 Å². The lowest BCUT2D eigenvalue weighted by molar-refractivity contribution is -0.109. The lowest BCUT2D eigenvalue weighted by Crippen LogP contribution is -1.87. The van der Waals surface area contributed by atoms with Crippen molar-refractivity contribution >= 4 is 34.8 Å². The Balaban J connectivity index is 2.80. The molecule has 1 aromatic carbocycles. The highest BCUT2D eigenvalue weighted by molar-refractivity contribution is 8.13. The summed E-state index contributed by atoms with van der Waals surface area (Å²) in [5.41, 5.74) is 1.09. The van der Waals surface area contributed by atoms with Crippen molar-refractivity contribution in [3.05, 3.63) is 34.3 Å². The summed E-state index contributed by atoms with van der Waals surface area (Å²) in [4.78, 5) is 21.4. The van der Waals surface area contributed by atoms with E-state index in [4.69, 9.17) is 11.6 Å². The van der Waals surface area contributed by atoms with Crippen molar-refractivity contribution in [3.63, 3.8) is 0 Å². The Labute approximate surface area is 103 Å². The minimum absolute atomic E-state index is 0.0287. The summed E-state index contributed by atoms with van der Waals surface area (Å²) in [7, 11) is 0. The fraction of sp³-hybridized carbons (Fsp3) is 0.167. The Morgan fingerprint density at radius 1 is 1.56 bits per heavy atom.